The van der Waals surface area contributed by atoms with Crippen LogP contribution in [0, 0.1) is 45.3 Å². The second kappa shape index (κ2) is 8.19. The van der Waals surface area contributed by atoms with E-state index in [1.165, 1.54) is 12.7 Å². The summed E-state index contributed by atoms with van der Waals surface area (Å²) in [4.78, 5) is 13.0. The zero-order valence-corrected chi connectivity index (χ0v) is 21.7. The van der Waals surface area contributed by atoms with Gasteiger partial charge in [-0.05, 0) is 80.5 Å². The minimum atomic E-state index is -0.631. The van der Waals surface area contributed by atoms with Gasteiger partial charge in [-0.2, -0.15) is 0 Å². The first-order chi connectivity index (χ1) is 15.3. The Morgan fingerprint density at radius 1 is 1.12 bits per heavy atom. The molecule has 0 aromatic carbocycles. The quantitative estimate of drug-likeness (QED) is 0.293. The molecule has 9 atom stereocenters. The summed E-state index contributed by atoms with van der Waals surface area (Å²) >= 11 is 0. The third kappa shape index (κ3) is 3.39. The van der Waals surface area contributed by atoms with Gasteiger partial charge in [0.15, 0.2) is 0 Å². The van der Waals surface area contributed by atoms with Gasteiger partial charge in [0.1, 0.15) is 6.29 Å². The predicted molar refractivity (Wildman–Crippen MR) is 134 cm³/mol. The van der Waals surface area contributed by atoms with Crippen molar-refractivity contribution in [1.82, 2.24) is 0 Å². The van der Waals surface area contributed by atoms with Gasteiger partial charge in [0.25, 0.3) is 0 Å². The molecule has 1 unspecified atom stereocenters. The maximum Gasteiger partial charge on any atom is 0.127 e. The van der Waals surface area contributed by atoms with Crippen molar-refractivity contribution in [2.45, 2.75) is 98.7 Å². The molecule has 0 aromatic heterocycles. The lowest BCUT2D eigenvalue weighted by Gasteiger charge is -2.66. The Labute approximate surface area is 201 Å². The molecular weight excluding hydrogens is 408 g/mol. The van der Waals surface area contributed by atoms with E-state index in [1.807, 2.05) is 6.92 Å². The summed E-state index contributed by atoms with van der Waals surface area (Å²) in [6, 6.07) is 0. The molecule has 0 heterocycles. The molecule has 0 bridgehead atoms. The highest BCUT2D eigenvalue weighted by atomic mass is 16.3. The highest BCUT2D eigenvalue weighted by molar-refractivity contribution is 5.65. The van der Waals surface area contributed by atoms with E-state index in [1.54, 1.807) is 0 Å². The van der Waals surface area contributed by atoms with Crippen LogP contribution in [0.15, 0.2) is 36.0 Å². The molecule has 4 rings (SSSR count). The second-order valence-electron chi connectivity index (χ2n) is 13.1. The molecule has 0 radical (unpaired) electrons. The number of aldehydes is 1. The Bertz CT molecular complexity index is 868. The van der Waals surface area contributed by atoms with Crippen molar-refractivity contribution in [1.29, 1.82) is 0 Å². The number of fused-ring (bicyclic) bond motifs is 5. The fraction of sp³-hybridized carbons (Fsp3) is 0.767. The van der Waals surface area contributed by atoms with Crippen molar-refractivity contribution < 1.29 is 15.0 Å². The van der Waals surface area contributed by atoms with Crippen LogP contribution in [0.1, 0.15) is 86.5 Å². The van der Waals surface area contributed by atoms with E-state index in [2.05, 4.69) is 59.4 Å². The van der Waals surface area contributed by atoms with E-state index < -0.39 is 23.0 Å². The van der Waals surface area contributed by atoms with Gasteiger partial charge in [-0.3, -0.25) is 0 Å². The lowest BCUT2D eigenvalue weighted by Crippen LogP contribution is -2.64. The molecule has 4 aliphatic carbocycles. The van der Waals surface area contributed by atoms with Crippen molar-refractivity contribution in [3.8, 4) is 0 Å². The number of allylic oxidation sites excluding steroid dienone is 3. The summed E-state index contributed by atoms with van der Waals surface area (Å²) in [6.45, 7) is 17.4. The molecular formula is C30H46O3. The van der Waals surface area contributed by atoms with Gasteiger partial charge in [-0.1, -0.05) is 70.6 Å². The fourth-order valence-electron chi connectivity index (χ4n) is 9.20. The maximum atomic E-state index is 13.0. The van der Waals surface area contributed by atoms with E-state index in [-0.39, 0.29) is 22.7 Å². The van der Waals surface area contributed by atoms with Crippen LogP contribution in [0.3, 0.4) is 0 Å². The first kappa shape index (κ1) is 24.9. The normalized spacial score (nSPS) is 47.3. The van der Waals surface area contributed by atoms with E-state index in [0.717, 1.165) is 49.7 Å². The summed E-state index contributed by atoms with van der Waals surface area (Å²) in [5.74, 6) is 1.23. The highest BCUT2D eigenvalue weighted by Crippen LogP contribution is 2.74. The van der Waals surface area contributed by atoms with Crippen LogP contribution in [0.25, 0.3) is 0 Å². The zero-order chi connectivity index (χ0) is 24.4. The highest BCUT2D eigenvalue weighted by Gasteiger charge is 2.70. The predicted octanol–water partition coefficient (Wildman–Crippen LogP) is 6.26. The molecule has 0 spiro atoms. The van der Waals surface area contributed by atoms with Crippen LogP contribution < -0.4 is 0 Å². The molecule has 33 heavy (non-hydrogen) atoms. The average Bonchev–Trinajstić information content (AvgIpc) is 3.01. The number of carbonyl (C=O) groups excluding carboxylic acids is 1. The van der Waals surface area contributed by atoms with Crippen molar-refractivity contribution >= 4 is 6.29 Å². The molecule has 0 aliphatic heterocycles. The van der Waals surface area contributed by atoms with E-state index >= 15 is 0 Å². The SMILES string of the molecule is C=C(C)/C=C/C[C@@H](C)[C@H]1CC[C@@]2(C)C3[C@@H](O)C=C4[C@@H](CC[C@H](O)C4(C)C)[C@]3(C=O)CC[C@]12C. The lowest BCUT2D eigenvalue weighted by atomic mass is 9.38. The average molecular weight is 455 g/mol. The van der Waals surface area contributed by atoms with Gasteiger partial charge in [0, 0.05) is 16.7 Å². The first-order valence-corrected chi connectivity index (χ1v) is 13.2. The van der Waals surface area contributed by atoms with Crippen LogP contribution in [-0.2, 0) is 4.79 Å². The Balaban J connectivity index is 1.73. The van der Waals surface area contributed by atoms with Crippen molar-refractivity contribution in [3.05, 3.63) is 36.0 Å². The summed E-state index contributed by atoms with van der Waals surface area (Å²) in [5, 5.41) is 22.4. The Kier molecular flexibility index (Phi) is 6.19. The van der Waals surface area contributed by atoms with Crippen LogP contribution in [0.5, 0.6) is 0 Å². The number of hydrogen-bond acceptors (Lipinski definition) is 3. The molecule has 3 heteroatoms. The minimum Gasteiger partial charge on any atom is -0.392 e. The van der Waals surface area contributed by atoms with Gasteiger partial charge >= 0.3 is 0 Å². The number of aliphatic hydroxyl groups is 2. The number of aliphatic hydroxyl groups excluding tert-OH is 2. The third-order valence-corrected chi connectivity index (χ3v) is 11.3. The summed E-state index contributed by atoms with van der Waals surface area (Å²) < 4.78 is 0. The summed E-state index contributed by atoms with van der Waals surface area (Å²) in [7, 11) is 0. The minimum absolute atomic E-state index is 0.0517. The number of hydrogen-bond donors (Lipinski definition) is 2. The third-order valence-electron chi connectivity index (χ3n) is 11.3. The molecule has 184 valence electrons. The van der Waals surface area contributed by atoms with Crippen LogP contribution in [-0.4, -0.2) is 28.7 Å². The Morgan fingerprint density at radius 3 is 2.45 bits per heavy atom. The first-order valence-electron chi connectivity index (χ1n) is 13.2. The standard InChI is InChI=1S/C30H46O3/c1-19(2)9-8-10-20(3)21-13-14-29(7)26-24(32)17-23-22(11-12-25(33)27(23,4)5)30(26,18-31)16-15-28(21,29)6/h8-9,17-18,20-22,24-26,32-33H,1,10-16H2,2-7H3/b9-8+/t20-,21-,22-,24+,25+,26?,28-,29+,30-/m1/s1. The van der Waals surface area contributed by atoms with E-state index in [0.29, 0.717) is 11.8 Å². The molecule has 3 saturated carbocycles. The molecule has 4 aliphatic rings. The molecule has 0 saturated heterocycles. The van der Waals surface area contributed by atoms with Gasteiger partial charge in [-0.25, -0.2) is 0 Å². The molecule has 2 N–H and O–H groups in total. The van der Waals surface area contributed by atoms with Crippen LogP contribution >= 0.6 is 0 Å². The maximum absolute atomic E-state index is 13.0. The Morgan fingerprint density at radius 2 is 1.82 bits per heavy atom. The van der Waals surface area contributed by atoms with Gasteiger partial charge in [0.05, 0.1) is 12.2 Å². The van der Waals surface area contributed by atoms with Crippen molar-refractivity contribution in [2.75, 3.05) is 0 Å². The van der Waals surface area contributed by atoms with Gasteiger partial charge in [-0.15, -0.1) is 0 Å². The molecule has 0 aromatic rings. The molecule has 3 fully saturated rings. The van der Waals surface area contributed by atoms with Gasteiger partial charge in [0.2, 0.25) is 0 Å². The lowest BCUT2D eigenvalue weighted by molar-refractivity contribution is -0.182. The number of carbonyl (C=O) groups is 1. The summed E-state index contributed by atoms with van der Waals surface area (Å²) in [5.41, 5.74) is 1.33. The van der Waals surface area contributed by atoms with Crippen LogP contribution in [0.4, 0.5) is 0 Å². The van der Waals surface area contributed by atoms with Crippen LogP contribution in [0.2, 0.25) is 0 Å². The van der Waals surface area contributed by atoms with Gasteiger partial charge < -0.3 is 15.0 Å². The largest absolute Gasteiger partial charge is 0.392 e. The van der Waals surface area contributed by atoms with E-state index in [9.17, 15) is 15.0 Å². The fourth-order valence-corrected chi connectivity index (χ4v) is 9.20. The summed E-state index contributed by atoms with van der Waals surface area (Å²) in [6.07, 6.45) is 13.4. The van der Waals surface area contributed by atoms with Crippen molar-refractivity contribution in [3.63, 3.8) is 0 Å². The molecule has 0 amide bonds. The van der Waals surface area contributed by atoms with E-state index in [4.69, 9.17) is 0 Å². The smallest absolute Gasteiger partial charge is 0.127 e. The number of rotatable bonds is 5. The second-order valence-corrected chi connectivity index (χ2v) is 13.1. The van der Waals surface area contributed by atoms with Crippen molar-refractivity contribution in [2.24, 2.45) is 45.3 Å². The monoisotopic (exact) mass is 454 g/mol. The zero-order valence-electron chi connectivity index (χ0n) is 21.7. The Hall–Kier alpha value is -1.19. The topological polar surface area (TPSA) is 57.5 Å². The molecule has 3 nitrogen and oxygen atoms in total.